The molecule has 178 valence electrons. The van der Waals surface area contributed by atoms with Gasteiger partial charge in [-0.3, -0.25) is 4.79 Å². The Morgan fingerprint density at radius 1 is 1.09 bits per heavy atom. The maximum atomic E-state index is 12.7. The molecular formula is C23H28N2O7S. The predicted molar refractivity (Wildman–Crippen MR) is 120 cm³/mol. The van der Waals surface area contributed by atoms with Crippen LogP contribution in [0.3, 0.4) is 0 Å². The number of aliphatic hydroxyl groups excluding tert-OH is 1. The van der Waals surface area contributed by atoms with Crippen molar-refractivity contribution in [3.63, 3.8) is 0 Å². The number of hydrogen-bond donors (Lipinski definition) is 3. The number of benzene rings is 2. The van der Waals surface area contributed by atoms with E-state index in [4.69, 9.17) is 14.2 Å². The summed E-state index contributed by atoms with van der Waals surface area (Å²) >= 11 is 0. The zero-order valence-corrected chi connectivity index (χ0v) is 19.1. The van der Waals surface area contributed by atoms with Gasteiger partial charge in [0, 0.05) is 12.1 Å². The molecule has 4 rings (SSSR count). The molecule has 10 heteroatoms. The summed E-state index contributed by atoms with van der Waals surface area (Å²) < 4.78 is 44.5. The molecular weight excluding hydrogens is 448 g/mol. The third-order valence-electron chi connectivity index (χ3n) is 5.82. The van der Waals surface area contributed by atoms with E-state index in [1.54, 1.807) is 42.5 Å². The van der Waals surface area contributed by atoms with Gasteiger partial charge in [-0.25, -0.2) is 13.1 Å². The van der Waals surface area contributed by atoms with Crippen molar-refractivity contribution in [3.8, 4) is 11.5 Å². The second-order valence-corrected chi connectivity index (χ2v) is 9.92. The van der Waals surface area contributed by atoms with Crippen molar-refractivity contribution < 1.29 is 32.5 Å². The van der Waals surface area contributed by atoms with Crippen LogP contribution in [0, 0.1) is 6.92 Å². The lowest BCUT2D eigenvalue weighted by molar-refractivity contribution is -0.0871. The standard InChI is InChI=1S/C23H28N2O7S/c1-15-2-6-18(7-3-15)33(28,29)25-19-8-5-17(32-22(19)13-26)10-11-24-23(27)16-4-9-20-21(12-16)31-14-30-20/h2-4,6-7,9,12,17,19,22,25-26H,5,8,10-11,13-14H2,1H3,(H,24,27)/t17-,19-,22-/m1/s1. The van der Waals surface area contributed by atoms with Crippen molar-refractivity contribution in [2.75, 3.05) is 19.9 Å². The minimum Gasteiger partial charge on any atom is -0.454 e. The zero-order valence-electron chi connectivity index (χ0n) is 18.3. The van der Waals surface area contributed by atoms with Gasteiger partial charge >= 0.3 is 0 Å². The average molecular weight is 477 g/mol. The van der Waals surface area contributed by atoms with Crippen LogP contribution in [-0.4, -0.2) is 57.6 Å². The number of sulfonamides is 1. The van der Waals surface area contributed by atoms with E-state index in [2.05, 4.69) is 10.0 Å². The number of carbonyl (C=O) groups is 1. The molecule has 2 aromatic carbocycles. The highest BCUT2D eigenvalue weighted by atomic mass is 32.2. The highest BCUT2D eigenvalue weighted by molar-refractivity contribution is 7.89. The lowest BCUT2D eigenvalue weighted by Gasteiger charge is -2.36. The Balaban J connectivity index is 1.27. The van der Waals surface area contributed by atoms with E-state index >= 15 is 0 Å². The van der Waals surface area contributed by atoms with Crippen LogP contribution in [-0.2, 0) is 14.8 Å². The fourth-order valence-electron chi connectivity index (χ4n) is 3.95. The van der Waals surface area contributed by atoms with Crippen LogP contribution in [0.15, 0.2) is 47.4 Å². The topological polar surface area (TPSA) is 123 Å². The quantitative estimate of drug-likeness (QED) is 0.530. The molecule has 1 fully saturated rings. The van der Waals surface area contributed by atoms with Gasteiger partial charge in [-0.05, 0) is 56.5 Å². The maximum Gasteiger partial charge on any atom is 0.251 e. The van der Waals surface area contributed by atoms with Gasteiger partial charge in [0.1, 0.15) is 0 Å². The lowest BCUT2D eigenvalue weighted by Crippen LogP contribution is -2.51. The van der Waals surface area contributed by atoms with Crippen molar-refractivity contribution in [1.29, 1.82) is 0 Å². The number of carbonyl (C=O) groups excluding carboxylic acids is 1. The molecule has 0 unspecified atom stereocenters. The summed E-state index contributed by atoms with van der Waals surface area (Å²) in [6, 6.07) is 11.1. The molecule has 2 aliphatic rings. The van der Waals surface area contributed by atoms with E-state index in [1.165, 1.54) is 0 Å². The summed E-state index contributed by atoms with van der Waals surface area (Å²) in [4.78, 5) is 12.6. The normalized spacial score (nSPS) is 22.2. The summed E-state index contributed by atoms with van der Waals surface area (Å²) in [5.41, 5.74) is 1.44. The average Bonchev–Trinajstić information content (AvgIpc) is 3.28. The Morgan fingerprint density at radius 3 is 2.61 bits per heavy atom. The number of aliphatic hydroxyl groups is 1. The molecule has 0 saturated carbocycles. The van der Waals surface area contributed by atoms with E-state index in [0.29, 0.717) is 42.9 Å². The van der Waals surface area contributed by atoms with Gasteiger partial charge in [-0.2, -0.15) is 0 Å². The number of hydrogen-bond acceptors (Lipinski definition) is 7. The third-order valence-corrected chi connectivity index (χ3v) is 7.33. The van der Waals surface area contributed by atoms with Crippen LogP contribution in [0.1, 0.15) is 35.2 Å². The molecule has 2 aromatic rings. The molecule has 0 aliphatic carbocycles. The number of ether oxygens (including phenoxy) is 3. The van der Waals surface area contributed by atoms with Crippen molar-refractivity contribution in [1.82, 2.24) is 10.0 Å². The van der Waals surface area contributed by atoms with Gasteiger partial charge < -0.3 is 24.6 Å². The summed E-state index contributed by atoms with van der Waals surface area (Å²) in [5.74, 6) is 0.930. The van der Waals surface area contributed by atoms with Gasteiger partial charge in [0.05, 0.1) is 29.8 Å². The first-order valence-electron chi connectivity index (χ1n) is 10.9. The fourth-order valence-corrected chi connectivity index (χ4v) is 5.25. The Hall–Kier alpha value is -2.66. The van der Waals surface area contributed by atoms with Crippen LogP contribution in [0.5, 0.6) is 11.5 Å². The second-order valence-electron chi connectivity index (χ2n) is 8.21. The molecule has 2 aliphatic heterocycles. The van der Waals surface area contributed by atoms with Gasteiger partial charge in [0.2, 0.25) is 16.8 Å². The first-order valence-corrected chi connectivity index (χ1v) is 12.4. The minimum atomic E-state index is -3.72. The van der Waals surface area contributed by atoms with Gasteiger partial charge in [0.25, 0.3) is 5.91 Å². The van der Waals surface area contributed by atoms with Crippen LogP contribution in [0.2, 0.25) is 0 Å². The minimum absolute atomic E-state index is 0.146. The molecule has 1 amide bonds. The van der Waals surface area contributed by atoms with E-state index in [9.17, 15) is 18.3 Å². The molecule has 0 aromatic heterocycles. The fraction of sp³-hybridized carbons (Fsp3) is 0.435. The van der Waals surface area contributed by atoms with Crippen LogP contribution in [0.4, 0.5) is 0 Å². The number of nitrogens with one attached hydrogen (secondary N) is 2. The molecule has 3 N–H and O–H groups in total. The summed E-state index contributed by atoms with van der Waals surface area (Å²) in [6.07, 6.45) is 0.826. The smallest absolute Gasteiger partial charge is 0.251 e. The van der Waals surface area contributed by atoms with Crippen molar-refractivity contribution in [3.05, 3.63) is 53.6 Å². The maximum absolute atomic E-state index is 12.7. The molecule has 0 bridgehead atoms. The largest absolute Gasteiger partial charge is 0.454 e. The molecule has 9 nitrogen and oxygen atoms in total. The van der Waals surface area contributed by atoms with Crippen molar-refractivity contribution in [2.45, 2.75) is 49.3 Å². The zero-order chi connectivity index (χ0) is 23.4. The molecule has 1 saturated heterocycles. The van der Waals surface area contributed by atoms with E-state index < -0.39 is 22.2 Å². The number of amides is 1. The third kappa shape index (κ3) is 5.64. The first kappa shape index (κ1) is 23.5. The molecule has 3 atom stereocenters. The Bertz CT molecular complexity index is 1090. The van der Waals surface area contributed by atoms with Crippen LogP contribution in [0.25, 0.3) is 0 Å². The first-order chi connectivity index (χ1) is 15.9. The van der Waals surface area contributed by atoms with Gasteiger partial charge in [-0.15, -0.1) is 0 Å². The summed E-state index contributed by atoms with van der Waals surface area (Å²) in [6.45, 7) is 2.11. The highest BCUT2D eigenvalue weighted by Crippen LogP contribution is 2.32. The number of fused-ring (bicyclic) bond motifs is 1. The Kier molecular flexibility index (Phi) is 7.18. The van der Waals surface area contributed by atoms with Crippen molar-refractivity contribution in [2.24, 2.45) is 0 Å². The van der Waals surface area contributed by atoms with E-state index in [0.717, 1.165) is 5.56 Å². The monoisotopic (exact) mass is 476 g/mol. The molecule has 0 spiro atoms. The number of aryl methyl sites for hydroxylation is 1. The SMILES string of the molecule is Cc1ccc(S(=O)(=O)N[C@@H]2CC[C@H](CCNC(=O)c3ccc4c(c3)OCO4)O[C@@H]2CO)cc1. The number of rotatable bonds is 8. The van der Waals surface area contributed by atoms with Crippen LogP contribution >= 0.6 is 0 Å². The molecule has 0 radical (unpaired) electrons. The summed E-state index contributed by atoms with van der Waals surface area (Å²) in [7, 11) is -3.72. The van der Waals surface area contributed by atoms with Gasteiger partial charge in [-0.1, -0.05) is 17.7 Å². The van der Waals surface area contributed by atoms with E-state index in [1.807, 2.05) is 6.92 Å². The van der Waals surface area contributed by atoms with Crippen LogP contribution < -0.4 is 19.5 Å². The summed E-state index contributed by atoms with van der Waals surface area (Å²) in [5, 5.41) is 12.6. The molecule has 33 heavy (non-hydrogen) atoms. The molecule has 2 heterocycles. The highest BCUT2D eigenvalue weighted by Gasteiger charge is 2.33. The van der Waals surface area contributed by atoms with Gasteiger partial charge in [0.15, 0.2) is 11.5 Å². The second kappa shape index (κ2) is 10.1. The predicted octanol–water partition coefficient (Wildman–Crippen LogP) is 1.73. The Morgan fingerprint density at radius 2 is 1.85 bits per heavy atom. The lowest BCUT2D eigenvalue weighted by atomic mass is 9.98. The van der Waals surface area contributed by atoms with Crippen molar-refractivity contribution >= 4 is 15.9 Å². The Labute approximate surface area is 193 Å². The van der Waals surface area contributed by atoms with E-state index in [-0.39, 0.29) is 30.3 Å².